The zero-order valence-corrected chi connectivity index (χ0v) is 17.9. The lowest BCUT2D eigenvalue weighted by Gasteiger charge is -2.31. The topological polar surface area (TPSA) is 23.8 Å². The van der Waals surface area contributed by atoms with Crippen LogP contribution in [0.15, 0.2) is 24.3 Å². The maximum absolute atomic E-state index is 8.51. The summed E-state index contributed by atoms with van der Waals surface area (Å²) in [6.45, 7) is 2.31. The number of hydrogen-bond acceptors (Lipinski definition) is 1. The minimum absolute atomic E-state index is 0.748. The minimum atomic E-state index is 0.748. The molecule has 0 aromatic rings. The fourth-order valence-corrected chi connectivity index (χ4v) is 5.31. The summed E-state index contributed by atoms with van der Waals surface area (Å²) in [5.41, 5.74) is 0. The lowest BCUT2D eigenvalue weighted by atomic mass is 9.75. The fourth-order valence-electron chi connectivity index (χ4n) is 5.31. The van der Waals surface area contributed by atoms with Gasteiger partial charge in [0.2, 0.25) is 0 Å². The second kappa shape index (κ2) is 14.0. The van der Waals surface area contributed by atoms with Crippen molar-refractivity contribution in [3.05, 3.63) is 24.3 Å². The summed E-state index contributed by atoms with van der Waals surface area (Å²) >= 11 is 0. The van der Waals surface area contributed by atoms with Gasteiger partial charge in [-0.15, -0.1) is 0 Å². The SMILES string of the molecule is CCCCCCC[C@H]1CC[C@H](CC[C@H]2CC[C@H](/C=C/C=C/C#N)CC2)CC1. The van der Waals surface area contributed by atoms with Gasteiger partial charge in [0.15, 0.2) is 0 Å². The Kier molecular flexibility index (Phi) is 11.6. The van der Waals surface area contributed by atoms with Gasteiger partial charge in [-0.05, 0) is 49.4 Å². The molecule has 2 fully saturated rings. The van der Waals surface area contributed by atoms with E-state index in [0.717, 1.165) is 23.7 Å². The number of nitriles is 1. The van der Waals surface area contributed by atoms with Crippen molar-refractivity contribution in [2.45, 2.75) is 110 Å². The van der Waals surface area contributed by atoms with Gasteiger partial charge < -0.3 is 0 Å². The second-order valence-electron chi connectivity index (χ2n) is 9.32. The van der Waals surface area contributed by atoms with E-state index < -0.39 is 0 Å². The van der Waals surface area contributed by atoms with Crippen molar-refractivity contribution in [2.75, 3.05) is 0 Å². The van der Waals surface area contributed by atoms with E-state index in [4.69, 9.17) is 5.26 Å². The van der Waals surface area contributed by atoms with Crippen molar-refractivity contribution in [3.8, 4) is 6.07 Å². The first-order valence-electron chi connectivity index (χ1n) is 12.0. The van der Waals surface area contributed by atoms with E-state index >= 15 is 0 Å². The molecule has 2 saturated carbocycles. The molecule has 0 N–H and O–H groups in total. The molecular weight excluding hydrogens is 326 g/mol. The Bertz CT molecular complexity index is 453. The summed E-state index contributed by atoms with van der Waals surface area (Å²) < 4.78 is 0. The van der Waals surface area contributed by atoms with Gasteiger partial charge >= 0.3 is 0 Å². The average Bonchev–Trinajstić information content (AvgIpc) is 2.71. The third-order valence-corrected chi connectivity index (χ3v) is 7.22. The summed E-state index contributed by atoms with van der Waals surface area (Å²) in [6.07, 6.45) is 31.1. The predicted molar refractivity (Wildman–Crippen MR) is 117 cm³/mol. The van der Waals surface area contributed by atoms with E-state index in [1.54, 1.807) is 6.08 Å². The summed E-state index contributed by atoms with van der Waals surface area (Å²) in [5, 5.41) is 8.51. The van der Waals surface area contributed by atoms with E-state index in [1.165, 1.54) is 103 Å². The molecule has 0 heterocycles. The molecule has 1 heteroatoms. The number of unbranched alkanes of at least 4 members (excludes halogenated alkanes) is 4. The molecule has 152 valence electrons. The Labute approximate surface area is 169 Å². The number of rotatable bonds is 11. The van der Waals surface area contributed by atoms with Crippen molar-refractivity contribution < 1.29 is 0 Å². The second-order valence-corrected chi connectivity index (χ2v) is 9.32. The molecule has 0 aromatic heterocycles. The molecular formula is C26H43N. The van der Waals surface area contributed by atoms with Crippen molar-refractivity contribution in [1.29, 1.82) is 5.26 Å². The van der Waals surface area contributed by atoms with Crippen molar-refractivity contribution in [1.82, 2.24) is 0 Å². The van der Waals surface area contributed by atoms with Crippen molar-refractivity contribution in [2.24, 2.45) is 23.7 Å². The highest BCUT2D eigenvalue weighted by molar-refractivity contribution is 5.12. The molecule has 0 aromatic carbocycles. The van der Waals surface area contributed by atoms with Crippen LogP contribution in [0.1, 0.15) is 110 Å². The summed E-state index contributed by atoms with van der Waals surface area (Å²) in [4.78, 5) is 0. The zero-order chi connectivity index (χ0) is 19.2. The standard InChI is InChI=1S/C26H43N/c1-2-3-4-5-7-10-23-12-16-25(17-13-23)20-21-26-18-14-24(15-19-26)11-8-6-9-22-27/h6,8-9,11,23-26H,2-5,7,10,12-21H2,1H3/b9-6+,11-8+/t23-,24-,25-,26-. The van der Waals surface area contributed by atoms with E-state index in [9.17, 15) is 0 Å². The maximum Gasteiger partial charge on any atom is 0.0912 e. The Hall–Kier alpha value is -1.03. The summed E-state index contributed by atoms with van der Waals surface area (Å²) in [6, 6.07) is 2.05. The quantitative estimate of drug-likeness (QED) is 0.204. The van der Waals surface area contributed by atoms with Gasteiger partial charge in [-0.1, -0.05) is 102 Å². The van der Waals surface area contributed by atoms with Gasteiger partial charge in [0.1, 0.15) is 0 Å². The molecule has 0 bridgehead atoms. The van der Waals surface area contributed by atoms with Crippen LogP contribution in [0.25, 0.3) is 0 Å². The van der Waals surface area contributed by atoms with Crippen LogP contribution in [-0.2, 0) is 0 Å². The Morgan fingerprint density at radius 1 is 0.704 bits per heavy atom. The van der Waals surface area contributed by atoms with E-state index in [1.807, 2.05) is 12.1 Å². The number of hydrogen-bond donors (Lipinski definition) is 0. The van der Waals surface area contributed by atoms with Gasteiger partial charge in [-0.2, -0.15) is 5.26 Å². The summed E-state index contributed by atoms with van der Waals surface area (Å²) in [5.74, 6) is 3.83. The minimum Gasteiger partial charge on any atom is -0.193 e. The predicted octanol–water partition coefficient (Wildman–Crippen LogP) is 8.38. The van der Waals surface area contributed by atoms with Crippen LogP contribution in [0.4, 0.5) is 0 Å². The molecule has 27 heavy (non-hydrogen) atoms. The monoisotopic (exact) mass is 369 g/mol. The van der Waals surface area contributed by atoms with Crippen LogP contribution in [0.3, 0.4) is 0 Å². The lowest BCUT2D eigenvalue weighted by Crippen LogP contribution is -2.17. The first-order chi connectivity index (χ1) is 13.3. The van der Waals surface area contributed by atoms with Crippen molar-refractivity contribution >= 4 is 0 Å². The molecule has 0 radical (unpaired) electrons. The van der Waals surface area contributed by atoms with E-state index in [2.05, 4.69) is 19.1 Å². The highest BCUT2D eigenvalue weighted by atomic mass is 14.3. The van der Waals surface area contributed by atoms with Crippen LogP contribution < -0.4 is 0 Å². The molecule has 2 rings (SSSR count). The van der Waals surface area contributed by atoms with Gasteiger partial charge in [0, 0.05) is 6.08 Å². The average molecular weight is 370 g/mol. The molecule has 1 nitrogen and oxygen atoms in total. The maximum atomic E-state index is 8.51. The molecule has 0 unspecified atom stereocenters. The number of nitrogens with zero attached hydrogens (tertiary/aromatic N) is 1. The lowest BCUT2D eigenvalue weighted by molar-refractivity contribution is 0.219. The van der Waals surface area contributed by atoms with E-state index in [0.29, 0.717) is 0 Å². The Morgan fingerprint density at radius 2 is 1.26 bits per heavy atom. The molecule has 0 atom stereocenters. The highest BCUT2D eigenvalue weighted by Crippen LogP contribution is 2.38. The summed E-state index contributed by atoms with van der Waals surface area (Å²) in [7, 11) is 0. The van der Waals surface area contributed by atoms with Gasteiger partial charge in [-0.25, -0.2) is 0 Å². The van der Waals surface area contributed by atoms with Crippen LogP contribution in [0, 0.1) is 35.0 Å². The Balaban J connectivity index is 1.50. The third kappa shape index (κ3) is 9.64. The van der Waals surface area contributed by atoms with Crippen LogP contribution in [-0.4, -0.2) is 0 Å². The molecule has 0 aliphatic heterocycles. The molecule has 2 aliphatic carbocycles. The molecule has 0 amide bonds. The van der Waals surface area contributed by atoms with E-state index in [-0.39, 0.29) is 0 Å². The van der Waals surface area contributed by atoms with Crippen molar-refractivity contribution in [3.63, 3.8) is 0 Å². The Morgan fingerprint density at radius 3 is 1.85 bits per heavy atom. The molecule has 2 aliphatic rings. The molecule has 0 spiro atoms. The largest absolute Gasteiger partial charge is 0.193 e. The van der Waals surface area contributed by atoms with Crippen LogP contribution >= 0.6 is 0 Å². The smallest absolute Gasteiger partial charge is 0.0912 e. The highest BCUT2D eigenvalue weighted by Gasteiger charge is 2.23. The number of allylic oxidation sites excluding steroid dienone is 4. The van der Waals surface area contributed by atoms with Crippen LogP contribution in [0.5, 0.6) is 0 Å². The van der Waals surface area contributed by atoms with Crippen LogP contribution in [0.2, 0.25) is 0 Å². The first-order valence-corrected chi connectivity index (χ1v) is 12.0. The molecule has 0 saturated heterocycles. The normalized spacial score (nSPS) is 29.3. The third-order valence-electron chi connectivity index (χ3n) is 7.22. The first kappa shape index (κ1) is 22.3. The van der Waals surface area contributed by atoms with Gasteiger partial charge in [-0.3, -0.25) is 0 Å². The van der Waals surface area contributed by atoms with Gasteiger partial charge in [0.25, 0.3) is 0 Å². The van der Waals surface area contributed by atoms with Gasteiger partial charge in [0.05, 0.1) is 6.07 Å². The fraction of sp³-hybridized carbons (Fsp3) is 0.808. The zero-order valence-electron chi connectivity index (χ0n) is 17.9.